The second kappa shape index (κ2) is 6.25. The number of aryl methyl sites for hydroxylation is 1. The summed E-state index contributed by atoms with van der Waals surface area (Å²) in [5.74, 6) is -0.808. The highest BCUT2D eigenvalue weighted by Crippen LogP contribution is 2.12. The number of rotatable bonds is 6. The number of sulfone groups is 1. The Balaban J connectivity index is 2.66. The van der Waals surface area contributed by atoms with Gasteiger partial charge in [0.25, 0.3) is 0 Å². The fraction of sp³-hybridized carbons (Fsp3) is 0.462. The second-order valence-electron chi connectivity index (χ2n) is 4.74. The van der Waals surface area contributed by atoms with Crippen LogP contribution >= 0.6 is 0 Å². The van der Waals surface area contributed by atoms with Crippen molar-refractivity contribution in [3.63, 3.8) is 0 Å². The van der Waals surface area contributed by atoms with E-state index in [9.17, 15) is 17.6 Å². The van der Waals surface area contributed by atoms with Crippen LogP contribution in [0.15, 0.2) is 18.2 Å². The molecule has 2 N–H and O–H groups in total. The van der Waals surface area contributed by atoms with Gasteiger partial charge in [-0.15, -0.1) is 0 Å². The molecule has 0 spiro atoms. The topological polar surface area (TPSA) is 77.2 Å². The van der Waals surface area contributed by atoms with Crippen LogP contribution in [-0.4, -0.2) is 32.3 Å². The van der Waals surface area contributed by atoms with E-state index in [0.717, 1.165) is 11.8 Å². The molecule has 0 bridgehead atoms. The average molecular weight is 287 g/mol. The lowest BCUT2D eigenvalue weighted by atomic mass is 9.99. The van der Waals surface area contributed by atoms with Crippen molar-refractivity contribution in [3.8, 4) is 0 Å². The molecule has 0 aromatic heterocycles. The number of carbonyl (C=O) groups excluding carboxylic acids is 1. The summed E-state index contributed by atoms with van der Waals surface area (Å²) in [6.45, 7) is 1.78. The summed E-state index contributed by atoms with van der Waals surface area (Å²) in [5, 5.41) is 0. The lowest BCUT2D eigenvalue weighted by Crippen LogP contribution is -2.33. The zero-order chi connectivity index (χ0) is 14.6. The Kier molecular flexibility index (Phi) is 5.20. The molecule has 0 saturated carbocycles. The van der Waals surface area contributed by atoms with Crippen LogP contribution in [-0.2, 0) is 21.1 Å². The first-order chi connectivity index (χ1) is 8.69. The zero-order valence-corrected chi connectivity index (χ0v) is 11.8. The Morgan fingerprint density at radius 2 is 2.05 bits per heavy atom. The molecular formula is C13H18FNO3S. The Labute approximate surface area is 112 Å². The minimum absolute atomic E-state index is 0.0223. The van der Waals surface area contributed by atoms with Crippen molar-refractivity contribution >= 4 is 15.6 Å². The van der Waals surface area contributed by atoms with Crippen LogP contribution in [0.3, 0.4) is 0 Å². The van der Waals surface area contributed by atoms with Gasteiger partial charge < -0.3 is 5.73 Å². The van der Waals surface area contributed by atoms with E-state index >= 15 is 0 Å². The average Bonchev–Trinajstić information content (AvgIpc) is 2.29. The van der Waals surface area contributed by atoms with E-state index < -0.39 is 21.7 Å². The molecule has 1 aromatic carbocycles. The van der Waals surface area contributed by atoms with Crippen molar-refractivity contribution in [1.29, 1.82) is 0 Å². The molecule has 1 aromatic rings. The lowest BCUT2D eigenvalue weighted by molar-refractivity contribution is -0.119. The van der Waals surface area contributed by atoms with Gasteiger partial charge in [0.1, 0.15) is 15.7 Å². The summed E-state index contributed by atoms with van der Waals surface area (Å²) in [4.78, 5) is 11.9. The van der Waals surface area contributed by atoms with Crippen LogP contribution in [0, 0.1) is 12.7 Å². The predicted octanol–water partition coefficient (Wildman–Crippen LogP) is 1.01. The van der Waals surface area contributed by atoms with E-state index in [1.54, 1.807) is 13.0 Å². The van der Waals surface area contributed by atoms with Crippen LogP contribution in [0.1, 0.15) is 17.5 Å². The molecule has 19 heavy (non-hydrogen) atoms. The third-order valence-corrected chi connectivity index (χ3v) is 3.87. The number of hydrogen-bond acceptors (Lipinski definition) is 4. The SMILES string of the molecule is Cc1ccc(F)cc1CC(=O)C(N)CCS(C)(=O)=O. The summed E-state index contributed by atoms with van der Waals surface area (Å²) in [6, 6.07) is 3.39. The fourth-order valence-electron chi connectivity index (χ4n) is 1.65. The molecule has 0 saturated heterocycles. The normalized spacial score (nSPS) is 13.3. The molecule has 0 aliphatic heterocycles. The van der Waals surface area contributed by atoms with Gasteiger partial charge in [-0.1, -0.05) is 6.07 Å². The predicted molar refractivity (Wildman–Crippen MR) is 72.2 cm³/mol. The summed E-state index contributed by atoms with van der Waals surface area (Å²) in [6.07, 6.45) is 1.21. The first-order valence-electron chi connectivity index (χ1n) is 5.90. The maximum absolute atomic E-state index is 13.1. The van der Waals surface area contributed by atoms with Gasteiger partial charge in [-0.05, 0) is 36.6 Å². The van der Waals surface area contributed by atoms with Gasteiger partial charge in [0.05, 0.1) is 11.8 Å². The van der Waals surface area contributed by atoms with E-state index in [2.05, 4.69) is 0 Å². The number of Topliss-reactive ketones (excluding diaryl/α,β-unsaturated/α-hetero) is 1. The first-order valence-corrected chi connectivity index (χ1v) is 7.96. The maximum Gasteiger partial charge on any atom is 0.153 e. The van der Waals surface area contributed by atoms with Gasteiger partial charge in [-0.25, -0.2) is 12.8 Å². The van der Waals surface area contributed by atoms with E-state index in [1.807, 2.05) is 0 Å². The summed E-state index contributed by atoms with van der Waals surface area (Å²) in [5.41, 5.74) is 7.05. The molecule has 6 heteroatoms. The Morgan fingerprint density at radius 3 is 2.63 bits per heavy atom. The monoisotopic (exact) mass is 287 g/mol. The van der Waals surface area contributed by atoms with E-state index in [0.29, 0.717) is 5.56 Å². The summed E-state index contributed by atoms with van der Waals surface area (Å²) >= 11 is 0. The number of halogens is 1. The number of benzene rings is 1. The molecule has 1 atom stereocenters. The third kappa shape index (κ3) is 5.48. The third-order valence-electron chi connectivity index (χ3n) is 2.89. The highest BCUT2D eigenvalue weighted by atomic mass is 32.2. The van der Waals surface area contributed by atoms with E-state index in [1.165, 1.54) is 12.1 Å². The summed E-state index contributed by atoms with van der Waals surface area (Å²) < 4.78 is 35.1. The smallest absolute Gasteiger partial charge is 0.153 e. The number of hydrogen-bond donors (Lipinski definition) is 1. The molecule has 4 nitrogen and oxygen atoms in total. The first kappa shape index (κ1) is 15.8. The number of carbonyl (C=O) groups is 1. The standard InChI is InChI=1S/C13H18FNO3S/c1-9-3-4-11(14)7-10(9)8-13(16)12(15)5-6-19(2,17)18/h3-4,7,12H,5-6,8,15H2,1-2H3. The highest BCUT2D eigenvalue weighted by molar-refractivity contribution is 7.90. The van der Waals surface area contributed by atoms with E-state index in [4.69, 9.17) is 5.73 Å². The molecule has 1 rings (SSSR count). The van der Waals surface area contributed by atoms with Crippen molar-refractivity contribution < 1.29 is 17.6 Å². The van der Waals surface area contributed by atoms with Gasteiger partial charge in [0, 0.05) is 12.7 Å². The zero-order valence-electron chi connectivity index (χ0n) is 11.0. The van der Waals surface area contributed by atoms with Gasteiger partial charge in [0.15, 0.2) is 5.78 Å². The molecule has 106 valence electrons. The molecule has 0 aliphatic rings. The van der Waals surface area contributed by atoms with Crippen molar-refractivity contribution in [2.45, 2.75) is 25.8 Å². The Hall–Kier alpha value is -1.27. The van der Waals surface area contributed by atoms with Gasteiger partial charge in [-0.3, -0.25) is 4.79 Å². The Bertz CT molecular complexity index is 569. The minimum atomic E-state index is -3.13. The Morgan fingerprint density at radius 1 is 1.42 bits per heavy atom. The molecule has 0 fully saturated rings. The quantitative estimate of drug-likeness (QED) is 0.847. The van der Waals surface area contributed by atoms with Gasteiger partial charge in [-0.2, -0.15) is 0 Å². The molecule has 0 radical (unpaired) electrons. The number of nitrogens with two attached hydrogens (primary N) is 1. The van der Waals surface area contributed by atoms with Gasteiger partial charge >= 0.3 is 0 Å². The maximum atomic E-state index is 13.1. The molecular weight excluding hydrogens is 269 g/mol. The van der Waals surface area contributed by atoms with E-state index in [-0.39, 0.29) is 24.4 Å². The van der Waals surface area contributed by atoms with Crippen molar-refractivity contribution in [2.24, 2.45) is 5.73 Å². The second-order valence-corrected chi connectivity index (χ2v) is 7.00. The molecule has 0 amide bonds. The molecule has 0 heterocycles. The number of ketones is 1. The van der Waals surface area contributed by atoms with Crippen LogP contribution in [0.25, 0.3) is 0 Å². The largest absolute Gasteiger partial charge is 0.321 e. The fourth-order valence-corrected chi connectivity index (χ4v) is 2.33. The van der Waals surface area contributed by atoms with Crippen LogP contribution in [0.4, 0.5) is 4.39 Å². The van der Waals surface area contributed by atoms with Gasteiger partial charge in [0.2, 0.25) is 0 Å². The van der Waals surface area contributed by atoms with Crippen LogP contribution in [0.2, 0.25) is 0 Å². The van der Waals surface area contributed by atoms with Crippen molar-refractivity contribution in [3.05, 3.63) is 35.1 Å². The minimum Gasteiger partial charge on any atom is -0.321 e. The molecule has 1 unspecified atom stereocenters. The molecule has 0 aliphatic carbocycles. The highest BCUT2D eigenvalue weighted by Gasteiger charge is 2.17. The van der Waals surface area contributed by atoms with Crippen molar-refractivity contribution in [1.82, 2.24) is 0 Å². The lowest BCUT2D eigenvalue weighted by Gasteiger charge is -2.11. The summed E-state index contributed by atoms with van der Waals surface area (Å²) in [7, 11) is -3.13. The van der Waals surface area contributed by atoms with Crippen molar-refractivity contribution in [2.75, 3.05) is 12.0 Å². The van der Waals surface area contributed by atoms with Crippen LogP contribution in [0.5, 0.6) is 0 Å². The van der Waals surface area contributed by atoms with Crippen LogP contribution < -0.4 is 5.73 Å².